The highest BCUT2D eigenvalue weighted by atomic mass is 19.2. The Morgan fingerprint density at radius 1 is 1.38 bits per heavy atom. The van der Waals surface area contributed by atoms with Gasteiger partial charge in [0.15, 0.2) is 11.6 Å². The van der Waals surface area contributed by atoms with Crippen LogP contribution in [0.25, 0.3) is 0 Å². The molecule has 0 bridgehead atoms. The average molecular weight is 295 g/mol. The first-order chi connectivity index (χ1) is 9.85. The molecule has 2 atom stereocenters. The van der Waals surface area contributed by atoms with Gasteiger partial charge < -0.3 is 11.1 Å². The number of rotatable bonds is 6. The lowest BCUT2D eigenvalue weighted by Crippen LogP contribution is -2.48. The van der Waals surface area contributed by atoms with Gasteiger partial charge in [-0.15, -0.1) is 0 Å². The summed E-state index contributed by atoms with van der Waals surface area (Å²) in [6.45, 7) is 1.61. The molecule has 0 aliphatic heterocycles. The first-order valence-electron chi connectivity index (χ1n) is 6.24. The van der Waals surface area contributed by atoms with Gasteiger partial charge in [-0.1, -0.05) is 13.0 Å². The fourth-order valence-corrected chi connectivity index (χ4v) is 1.82. The van der Waals surface area contributed by atoms with Gasteiger partial charge in [-0.2, -0.15) is 5.26 Å². The SMILES string of the molecule is C[C@H](CC#N)[C@@H](NC(=O)Cc1ccc(F)c(F)c1)C(N)=O. The predicted octanol–water partition coefficient (Wildman–Crippen LogP) is 1.03. The zero-order valence-electron chi connectivity index (χ0n) is 11.4. The number of carbonyl (C=O) groups is 2. The molecule has 0 aromatic heterocycles. The summed E-state index contributed by atoms with van der Waals surface area (Å²) in [6, 6.07) is 4.01. The summed E-state index contributed by atoms with van der Waals surface area (Å²) >= 11 is 0. The molecule has 0 fully saturated rings. The minimum absolute atomic E-state index is 0.0546. The van der Waals surface area contributed by atoms with Gasteiger partial charge in [-0.3, -0.25) is 9.59 Å². The van der Waals surface area contributed by atoms with E-state index in [0.717, 1.165) is 12.1 Å². The normalized spacial score (nSPS) is 13.0. The van der Waals surface area contributed by atoms with Gasteiger partial charge >= 0.3 is 0 Å². The van der Waals surface area contributed by atoms with E-state index >= 15 is 0 Å². The van der Waals surface area contributed by atoms with Crippen LogP contribution in [0.15, 0.2) is 18.2 Å². The molecule has 3 N–H and O–H groups in total. The third kappa shape index (κ3) is 4.84. The van der Waals surface area contributed by atoms with Crippen molar-refractivity contribution in [3.8, 4) is 6.07 Å². The number of nitrogens with two attached hydrogens (primary N) is 1. The van der Waals surface area contributed by atoms with Crippen molar-refractivity contribution in [3.05, 3.63) is 35.4 Å². The molecule has 0 aliphatic rings. The number of benzene rings is 1. The van der Waals surface area contributed by atoms with Crippen LogP contribution in [-0.4, -0.2) is 17.9 Å². The zero-order valence-corrected chi connectivity index (χ0v) is 11.4. The van der Waals surface area contributed by atoms with Crippen molar-refractivity contribution in [1.29, 1.82) is 5.26 Å². The molecule has 21 heavy (non-hydrogen) atoms. The van der Waals surface area contributed by atoms with Crippen molar-refractivity contribution in [1.82, 2.24) is 5.32 Å². The molecule has 7 heteroatoms. The van der Waals surface area contributed by atoms with Gasteiger partial charge in [0, 0.05) is 6.42 Å². The molecule has 1 rings (SSSR count). The molecule has 0 saturated heterocycles. The largest absolute Gasteiger partial charge is 0.368 e. The Hall–Kier alpha value is -2.49. The second-order valence-electron chi connectivity index (χ2n) is 4.71. The molecule has 5 nitrogen and oxygen atoms in total. The molecular formula is C14H15F2N3O2. The topological polar surface area (TPSA) is 96.0 Å². The second-order valence-corrected chi connectivity index (χ2v) is 4.71. The molecule has 0 heterocycles. The number of primary amides is 1. The van der Waals surface area contributed by atoms with Crippen LogP contribution in [0.4, 0.5) is 8.78 Å². The number of nitrogens with one attached hydrogen (secondary N) is 1. The van der Waals surface area contributed by atoms with Gasteiger partial charge in [-0.25, -0.2) is 8.78 Å². The summed E-state index contributed by atoms with van der Waals surface area (Å²) < 4.78 is 25.8. The maximum absolute atomic E-state index is 13.0. The molecule has 1 aromatic carbocycles. The predicted molar refractivity (Wildman–Crippen MR) is 70.6 cm³/mol. The Balaban J connectivity index is 2.72. The third-order valence-corrected chi connectivity index (χ3v) is 2.95. The molecule has 0 spiro atoms. The van der Waals surface area contributed by atoms with E-state index in [1.807, 2.05) is 6.07 Å². The van der Waals surface area contributed by atoms with E-state index in [4.69, 9.17) is 11.0 Å². The first-order valence-corrected chi connectivity index (χ1v) is 6.24. The zero-order chi connectivity index (χ0) is 16.0. The lowest BCUT2D eigenvalue weighted by molar-refractivity contribution is -0.128. The number of hydrogen-bond acceptors (Lipinski definition) is 3. The van der Waals surface area contributed by atoms with E-state index in [9.17, 15) is 18.4 Å². The second kappa shape index (κ2) is 7.33. The maximum Gasteiger partial charge on any atom is 0.240 e. The Morgan fingerprint density at radius 2 is 2.05 bits per heavy atom. The van der Waals surface area contributed by atoms with E-state index in [0.29, 0.717) is 0 Å². The van der Waals surface area contributed by atoms with Crippen molar-refractivity contribution in [2.75, 3.05) is 0 Å². The van der Waals surface area contributed by atoms with Gasteiger partial charge in [-0.05, 0) is 23.6 Å². The van der Waals surface area contributed by atoms with E-state index in [2.05, 4.69) is 5.32 Å². The monoisotopic (exact) mass is 295 g/mol. The highest BCUT2D eigenvalue weighted by Gasteiger charge is 2.24. The van der Waals surface area contributed by atoms with E-state index in [-0.39, 0.29) is 18.4 Å². The maximum atomic E-state index is 13.0. The van der Waals surface area contributed by atoms with E-state index < -0.39 is 35.4 Å². The number of nitrogens with zero attached hydrogens (tertiary/aromatic N) is 1. The van der Waals surface area contributed by atoms with Gasteiger partial charge in [0.05, 0.1) is 12.5 Å². The number of halogens is 2. The highest BCUT2D eigenvalue weighted by Crippen LogP contribution is 2.11. The summed E-state index contributed by atoms with van der Waals surface area (Å²) in [4.78, 5) is 23.1. The molecule has 0 radical (unpaired) electrons. The van der Waals surface area contributed by atoms with Gasteiger partial charge in [0.1, 0.15) is 6.04 Å². The molecule has 0 saturated carbocycles. The smallest absolute Gasteiger partial charge is 0.240 e. The summed E-state index contributed by atoms with van der Waals surface area (Å²) in [5.74, 6) is -3.81. The quantitative estimate of drug-likeness (QED) is 0.820. The minimum Gasteiger partial charge on any atom is -0.368 e. The lowest BCUT2D eigenvalue weighted by atomic mass is 9.98. The van der Waals surface area contributed by atoms with Crippen LogP contribution in [-0.2, 0) is 16.0 Å². The number of amides is 2. The van der Waals surface area contributed by atoms with Crippen LogP contribution in [0.3, 0.4) is 0 Å². The van der Waals surface area contributed by atoms with Gasteiger partial charge in [0.2, 0.25) is 11.8 Å². The number of nitriles is 1. The first kappa shape index (κ1) is 16.6. The fourth-order valence-electron chi connectivity index (χ4n) is 1.82. The molecule has 1 aromatic rings. The van der Waals surface area contributed by atoms with Crippen LogP contribution in [0.5, 0.6) is 0 Å². The molecule has 112 valence electrons. The minimum atomic E-state index is -1.05. The highest BCUT2D eigenvalue weighted by molar-refractivity contribution is 5.87. The Morgan fingerprint density at radius 3 is 2.57 bits per heavy atom. The Bertz CT molecular complexity index is 584. The standard InChI is InChI=1S/C14H15F2N3O2/c1-8(4-5-17)13(14(18)21)19-12(20)7-9-2-3-10(15)11(16)6-9/h2-3,6,8,13H,4,7H2,1H3,(H2,18,21)(H,19,20)/t8-,13-/m1/s1. The van der Waals surface area contributed by atoms with Crippen molar-refractivity contribution in [3.63, 3.8) is 0 Å². The van der Waals surface area contributed by atoms with E-state index in [1.165, 1.54) is 6.07 Å². The van der Waals surface area contributed by atoms with Crippen LogP contribution >= 0.6 is 0 Å². The van der Waals surface area contributed by atoms with Crippen molar-refractivity contribution >= 4 is 11.8 Å². The summed E-state index contributed by atoms with van der Waals surface area (Å²) in [5, 5.41) is 11.0. The molecular weight excluding hydrogens is 280 g/mol. The Labute approximate surface area is 120 Å². The van der Waals surface area contributed by atoms with Gasteiger partial charge in [0.25, 0.3) is 0 Å². The third-order valence-electron chi connectivity index (χ3n) is 2.95. The summed E-state index contributed by atoms with van der Waals surface area (Å²) in [7, 11) is 0. The van der Waals surface area contributed by atoms with Crippen molar-refractivity contribution in [2.24, 2.45) is 11.7 Å². The summed E-state index contributed by atoms with van der Waals surface area (Å²) in [5.41, 5.74) is 5.45. The lowest BCUT2D eigenvalue weighted by Gasteiger charge is -2.20. The fraction of sp³-hybridized carbons (Fsp3) is 0.357. The number of carbonyl (C=O) groups excluding carboxylic acids is 2. The Kier molecular flexibility index (Phi) is 5.79. The van der Waals surface area contributed by atoms with E-state index in [1.54, 1.807) is 6.92 Å². The van der Waals surface area contributed by atoms with Crippen LogP contribution in [0, 0.1) is 28.9 Å². The van der Waals surface area contributed by atoms with Crippen LogP contribution in [0.2, 0.25) is 0 Å². The van der Waals surface area contributed by atoms with Crippen molar-refractivity contribution in [2.45, 2.75) is 25.8 Å². The summed E-state index contributed by atoms with van der Waals surface area (Å²) in [6.07, 6.45) is -0.167. The molecule has 0 aliphatic carbocycles. The van der Waals surface area contributed by atoms with Crippen LogP contribution < -0.4 is 11.1 Å². The average Bonchev–Trinajstić information content (AvgIpc) is 2.40. The number of hydrogen-bond donors (Lipinski definition) is 2. The van der Waals surface area contributed by atoms with Crippen LogP contribution in [0.1, 0.15) is 18.9 Å². The molecule has 2 amide bonds. The molecule has 0 unspecified atom stereocenters. The van der Waals surface area contributed by atoms with Crippen molar-refractivity contribution < 1.29 is 18.4 Å².